The van der Waals surface area contributed by atoms with Gasteiger partial charge in [0.15, 0.2) is 0 Å². The van der Waals surface area contributed by atoms with Crippen molar-refractivity contribution < 1.29 is 14.3 Å². The maximum atomic E-state index is 12.2. The number of ether oxygens (including phenoxy) is 1. The molecule has 1 amide bonds. The monoisotopic (exact) mass is 281 g/mol. The lowest BCUT2D eigenvalue weighted by molar-refractivity contribution is -0.140. The number of amides is 1. The number of rotatable bonds is 6. The Kier molecular flexibility index (Phi) is 6.42. The van der Waals surface area contributed by atoms with E-state index in [9.17, 15) is 9.59 Å². The van der Waals surface area contributed by atoms with Gasteiger partial charge in [-0.25, -0.2) is 0 Å². The van der Waals surface area contributed by atoms with Crippen molar-refractivity contribution >= 4 is 23.6 Å². The van der Waals surface area contributed by atoms with E-state index >= 15 is 0 Å². The Morgan fingerprint density at radius 2 is 2.11 bits per heavy atom. The van der Waals surface area contributed by atoms with Gasteiger partial charge < -0.3 is 9.64 Å². The van der Waals surface area contributed by atoms with Crippen molar-refractivity contribution in [2.75, 3.05) is 27.0 Å². The number of hydrogen-bond donors (Lipinski definition) is 0. The van der Waals surface area contributed by atoms with Gasteiger partial charge in [0.2, 0.25) is 0 Å². The highest BCUT2D eigenvalue weighted by Gasteiger charge is 2.13. The number of hydrogen-bond acceptors (Lipinski definition) is 4. The zero-order chi connectivity index (χ0) is 14.3. The molecule has 0 fully saturated rings. The van der Waals surface area contributed by atoms with Crippen LogP contribution in [-0.2, 0) is 15.3 Å². The predicted octanol–water partition coefficient (Wildman–Crippen LogP) is 2.18. The lowest BCUT2D eigenvalue weighted by atomic mass is 10.1. The quantitative estimate of drug-likeness (QED) is 0.750. The first-order valence-electron chi connectivity index (χ1n) is 5.98. The summed E-state index contributed by atoms with van der Waals surface area (Å²) < 4.78 is 4.56. The fourth-order valence-electron chi connectivity index (χ4n) is 1.64. The summed E-state index contributed by atoms with van der Waals surface area (Å²) in [6.07, 6.45) is 2.24. The van der Waals surface area contributed by atoms with E-state index in [1.165, 1.54) is 12.0 Å². The molecule has 0 atom stereocenters. The number of esters is 1. The summed E-state index contributed by atoms with van der Waals surface area (Å²) in [6, 6.07) is 7.57. The van der Waals surface area contributed by atoms with Gasteiger partial charge in [-0.2, -0.15) is 11.8 Å². The van der Waals surface area contributed by atoms with Crippen LogP contribution < -0.4 is 0 Å². The summed E-state index contributed by atoms with van der Waals surface area (Å²) in [6.45, 7) is 0.359. The van der Waals surface area contributed by atoms with Crippen LogP contribution in [0.15, 0.2) is 24.3 Å². The van der Waals surface area contributed by atoms with Crippen LogP contribution >= 0.6 is 11.8 Å². The summed E-state index contributed by atoms with van der Waals surface area (Å²) >= 11 is 1.71. The molecule has 0 saturated carbocycles. The highest BCUT2D eigenvalue weighted by atomic mass is 32.2. The molecule has 0 aliphatic rings. The molecule has 0 unspecified atom stereocenters. The Morgan fingerprint density at radius 1 is 1.37 bits per heavy atom. The van der Waals surface area contributed by atoms with Crippen molar-refractivity contribution in [2.45, 2.75) is 12.2 Å². The highest BCUT2D eigenvalue weighted by molar-refractivity contribution is 7.97. The molecule has 1 rings (SSSR count). The summed E-state index contributed by atoms with van der Waals surface area (Å²) in [4.78, 5) is 24.8. The van der Waals surface area contributed by atoms with Crippen molar-refractivity contribution in [3.05, 3.63) is 35.4 Å². The van der Waals surface area contributed by atoms with E-state index < -0.39 is 0 Å². The summed E-state index contributed by atoms with van der Waals surface area (Å²) in [5.41, 5.74) is 1.78. The van der Waals surface area contributed by atoms with E-state index in [2.05, 4.69) is 4.74 Å². The van der Waals surface area contributed by atoms with Gasteiger partial charge >= 0.3 is 5.97 Å². The van der Waals surface area contributed by atoms with Gasteiger partial charge in [0, 0.05) is 24.9 Å². The van der Waals surface area contributed by atoms with Crippen molar-refractivity contribution in [2.24, 2.45) is 0 Å². The molecule has 4 nitrogen and oxygen atoms in total. The van der Waals surface area contributed by atoms with Gasteiger partial charge in [-0.05, 0) is 24.0 Å². The Bertz CT molecular complexity index is 448. The van der Waals surface area contributed by atoms with Crippen LogP contribution in [0, 0.1) is 0 Å². The lowest BCUT2D eigenvalue weighted by Gasteiger charge is -2.16. The molecule has 0 N–H and O–H groups in total. The topological polar surface area (TPSA) is 46.6 Å². The number of carbonyl (C=O) groups excluding carboxylic acids is 2. The van der Waals surface area contributed by atoms with Crippen LogP contribution in [0.25, 0.3) is 0 Å². The predicted molar refractivity (Wildman–Crippen MR) is 77.3 cm³/mol. The van der Waals surface area contributed by atoms with Gasteiger partial charge in [0.25, 0.3) is 5.91 Å². The van der Waals surface area contributed by atoms with E-state index in [0.29, 0.717) is 12.1 Å². The van der Waals surface area contributed by atoms with Gasteiger partial charge in [0.05, 0.1) is 13.5 Å². The maximum absolute atomic E-state index is 12.2. The fourth-order valence-corrected chi connectivity index (χ4v) is 2.16. The fraction of sp³-hybridized carbons (Fsp3) is 0.429. The molecule has 104 valence electrons. The second-order valence-electron chi connectivity index (χ2n) is 4.19. The first-order chi connectivity index (χ1) is 9.08. The SMILES string of the molecule is COC(=O)CCN(C)C(=O)c1cccc(CSC)c1. The molecule has 0 bridgehead atoms. The molecule has 0 radical (unpaired) electrons. The minimum atomic E-state index is -0.309. The molecule has 0 aromatic heterocycles. The average Bonchev–Trinajstić information content (AvgIpc) is 2.44. The van der Waals surface area contributed by atoms with Crippen molar-refractivity contribution in [1.29, 1.82) is 0 Å². The number of nitrogens with zero attached hydrogens (tertiary/aromatic N) is 1. The zero-order valence-corrected chi connectivity index (χ0v) is 12.3. The van der Waals surface area contributed by atoms with E-state index in [0.717, 1.165) is 11.3 Å². The van der Waals surface area contributed by atoms with Crippen LogP contribution in [0.4, 0.5) is 0 Å². The lowest BCUT2D eigenvalue weighted by Crippen LogP contribution is -2.29. The second-order valence-corrected chi connectivity index (χ2v) is 5.05. The first-order valence-corrected chi connectivity index (χ1v) is 7.38. The molecule has 0 saturated heterocycles. The van der Waals surface area contributed by atoms with Crippen molar-refractivity contribution in [3.8, 4) is 0 Å². The number of methoxy groups -OCH3 is 1. The average molecular weight is 281 g/mol. The standard InChI is InChI=1S/C14H19NO3S/c1-15(8-7-13(16)18-2)14(17)12-6-4-5-11(9-12)10-19-3/h4-6,9H,7-8,10H2,1-3H3. The van der Waals surface area contributed by atoms with Gasteiger partial charge in [0.1, 0.15) is 0 Å². The van der Waals surface area contributed by atoms with Gasteiger partial charge in [-0.1, -0.05) is 12.1 Å². The molecular weight excluding hydrogens is 262 g/mol. The normalized spacial score (nSPS) is 10.1. The number of thioether (sulfide) groups is 1. The van der Waals surface area contributed by atoms with E-state index in [1.54, 1.807) is 24.9 Å². The number of benzene rings is 1. The Labute approximate surface area is 118 Å². The number of carbonyl (C=O) groups is 2. The van der Waals surface area contributed by atoms with Crippen molar-refractivity contribution in [3.63, 3.8) is 0 Å². The molecular formula is C14H19NO3S. The molecule has 19 heavy (non-hydrogen) atoms. The molecule has 0 spiro atoms. The maximum Gasteiger partial charge on any atom is 0.307 e. The zero-order valence-electron chi connectivity index (χ0n) is 11.5. The van der Waals surface area contributed by atoms with Crippen LogP contribution in [-0.4, -0.2) is 43.7 Å². The third-order valence-electron chi connectivity index (χ3n) is 2.71. The van der Waals surface area contributed by atoms with Crippen LogP contribution in [0.5, 0.6) is 0 Å². The van der Waals surface area contributed by atoms with Gasteiger partial charge in [-0.15, -0.1) is 0 Å². The first kappa shape index (κ1) is 15.6. The Balaban J connectivity index is 2.65. The Hall–Kier alpha value is -1.49. The summed E-state index contributed by atoms with van der Waals surface area (Å²) in [5, 5.41) is 0. The smallest absolute Gasteiger partial charge is 0.307 e. The molecule has 0 aliphatic carbocycles. The molecule has 1 aromatic carbocycles. The molecule has 0 aliphatic heterocycles. The van der Waals surface area contributed by atoms with Crippen LogP contribution in [0.3, 0.4) is 0 Å². The molecule has 0 heterocycles. The molecule has 5 heteroatoms. The third-order valence-corrected chi connectivity index (χ3v) is 3.33. The summed E-state index contributed by atoms with van der Waals surface area (Å²) in [7, 11) is 3.03. The largest absolute Gasteiger partial charge is 0.469 e. The van der Waals surface area contributed by atoms with Crippen LogP contribution in [0.1, 0.15) is 22.3 Å². The minimum Gasteiger partial charge on any atom is -0.469 e. The minimum absolute atomic E-state index is 0.0770. The molecule has 1 aromatic rings. The Morgan fingerprint density at radius 3 is 2.74 bits per heavy atom. The summed E-state index contributed by atoms with van der Waals surface area (Å²) in [5.74, 6) is 0.495. The van der Waals surface area contributed by atoms with E-state index in [1.807, 2.05) is 24.5 Å². The third kappa shape index (κ3) is 4.95. The highest BCUT2D eigenvalue weighted by Crippen LogP contribution is 2.13. The van der Waals surface area contributed by atoms with Crippen LogP contribution in [0.2, 0.25) is 0 Å². The van der Waals surface area contributed by atoms with E-state index in [-0.39, 0.29) is 18.3 Å². The van der Waals surface area contributed by atoms with Crippen molar-refractivity contribution in [1.82, 2.24) is 4.90 Å². The second kappa shape index (κ2) is 7.84. The van der Waals surface area contributed by atoms with Gasteiger partial charge in [-0.3, -0.25) is 9.59 Å². The van der Waals surface area contributed by atoms with E-state index in [4.69, 9.17) is 0 Å².